The molecule has 6 heteroatoms. The molecule has 0 saturated heterocycles. The molecule has 122 valence electrons. The van der Waals surface area contributed by atoms with E-state index >= 15 is 0 Å². The van der Waals surface area contributed by atoms with Gasteiger partial charge in [0.25, 0.3) is 0 Å². The van der Waals surface area contributed by atoms with Gasteiger partial charge in [-0.2, -0.15) is 0 Å². The standard InChI is InChI=1S/C17H17F3N2O/c18-13-3-1-12(2-4-13)7-9-21-10-8-17(23)22-14-5-6-15(19)16(20)11-14/h1-6,11,21H,7-10H2,(H,22,23). The Bertz CT molecular complexity index is 659. The van der Waals surface area contributed by atoms with Gasteiger partial charge in [0.05, 0.1) is 0 Å². The molecule has 0 saturated carbocycles. The van der Waals surface area contributed by atoms with Crippen molar-refractivity contribution >= 4 is 11.6 Å². The summed E-state index contributed by atoms with van der Waals surface area (Å²) in [6.07, 6.45) is 0.938. The Morgan fingerprint density at radius 3 is 2.35 bits per heavy atom. The molecule has 0 atom stereocenters. The topological polar surface area (TPSA) is 41.1 Å². The zero-order valence-corrected chi connectivity index (χ0v) is 12.4. The second-order valence-corrected chi connectivity index (χ2v) is 5.05. The molecule has 0 aliphatic carbocycles. The fraction of sp³-hybridized carbons (Fsp3) is 0.235. The van der Waals surface area contributed by atoms with Gasteiger partial charge in [0, 0.05) is 24.7 Å². The number of rotatable bonds is 7. The normalized spacial score (nSPS) is 10.6. The molecule has 0 fully saturated rings. The van der Waals surface area contributed by atoms with E-state index in [1.807, 2.05) is 0 Å². The fourth-order valence-corrected chi connectivity index (χ4v) is 2.01. The maximum Gasteiger partial charge on any atom is 0.225 e. The van der Waals surface area contributed by atoms with E-state index in [4.69, 9.17) is 0 Å². The highest BCUT2D eigenvalue weighted by Crippen LogP contribution is 2.13. The molecule has 2 aromatic carbocycles. The van der Waals surface area contributed by atoms with Crippen molar-refractivity contribution in [3.05, 3.63) is 65.5 Å². The van der Waals surface area contributed by atoms with E-state index in [9.17, 15) is 18.0 Å². The highest BCUT2D eigenvalue weighted by Gasteiger charge is 2.06. The van der Waals surface area contributed by atoms with Crippen LogP contribution < -0.4 is 10.6 Å². The highest BCUT2D eigenvalue weighted by molar-refractivity contribution is 5.90. The number of benzene rings is 2. The van der Waals surface area contributed by atoms with Crippen LogP contribution in [-0.4, -0.2) is 19.0 Å². The van der Waals surface area contributed by atoms with Crippen LogP contribution in [-0.2, 0) is 11.2 Å². The summed E-state index contributed by atoms with van der Waals surface area (Å²) in [6.45, 7) is 1.11. The molecule has 0 aromatic heterocycles. The Kier molecular flexibility index (Phi) is 6.17. The summed E-state index contributed by atoms with van der Waals surface area (Å²) in [5, 5.41) is 5.59. The summed E-state index contributed by atoms with van der Waals surface area (Å²) in [5.41, 5.74) is 1.23. The number of anilines is 1. The zero-order chi connectivity index (χ0) is 16.7. The minimum absolute atomic E-state index is 0.211. The highest BCUT2D eigenvalue weighted by atomic mass is 19.2. The van der Waals surface area contributed by atoms with Crippen LogP contribution in [0.1, 0.15) is 12.0 Å². The van der Waals surface area contributed by atoms with Crippen molar-refractivity contribution < 1.29 is 18.0 Å². The molecule has 3 nitrogen and oxygen atoms in total. The first-order chi connectivity index (χ1) is 11.0. The van der Waals surface area contributed by atoms with Crippen molar-refractivity contribution in [1.82, 2.24) is 5.32 Å². The Balaban J connectivity index is 1.64. The first-order valence-corrected chi connectivity index (χ1v) is 7.24. The number of halogens is 3. The smallest absolute Gasteiger partial charge is 0.225 e. The van der Waals surface area contributed by atoms with Crippen molar-refractivity contribution in [2.24, 2.45) is 0 Å². The quantitative estimate of drug-likeness (QED) is 0.768. The van der Waals surface area contributed by atoms with Crippen LogP contribution in [0.3, 0.4) is 0 Å². The Labute approximate surface area is 132 Å². The molecule has 0 heterocycles. The zero-order valence-electron chi connectivity index (χ0n) is 12.4. The van der Waals surface area contributed by atoms with Gasteiger partial charge in [-0.15, -0.1) is 0 Å². The number of hydrogen-bond donors (Lipinski definition) is 2. The van der Waals surface area contributed by atoms with Gasteiger partial charge in [0.15, 0.2) is 11.6 Å². The second-order valence-electron chi connectivity index (χ2n) is 5.05. The van der Waals surface area contributed by atoms with Crippen LogP contribution in [0.4, 0.5) is 18.9 Å². The number of amides is 1. The fourth-order valence-electron chi connectivity index (χ4n) is 2.01. The van der Waals surface area contributed by atoms with Crippen molar-refractivity contribution in [3.8, 4) is 0 Å². The first-order valence-electron chi connectivity index (χ1n) is 7.24. The molecule has 0 bridgehead atoms. The molecular formula is C17H17F3N2O. The lowest BCUT2D eigenvalue weighted by Crippen LogP contribution is -2.23. The van der Waals surface area contributed by atoms with E-state index in [1.54, 1.807) is 12.1 Å². The van der Waals surface area contributed by atoms with Gasteiger partial charge < -0.3 is 10.6 Å². The molecule has 0 unspecified atom stereocenters. The van der Waals surface area contributed by atoms with E-state index in [0.29, 0.717) is 13.1 Å². The second kappa shape index (κ2) is 8.33. The van der Waals surface area contributed by atoms with E-state index in [-0.39, 0.29) is 23.8 Å². The number of carbonyl (C=O) groups is 1. The van der Waals surface area contributed by atoms with Gasteiger partial charge in [0.2, 0.25) is 5.91 Å². The van der Waals surface area contributed by atoms with Gasteiger partial charge in [-0.25, -0.2) is 13.2 Å². The summed E-state index contributed by atoms with van der Waals surface area (Å²) < 4.78 is 38.5. The average molecular weight is 322 g/mol. The van der Waals surface area contributed by atoms with Crippen LogP contribution in [0.15, 0.2) is 42.5 Å². The molecule has 2 rings (SSSR count). The SMILES string of the molecule is O=C(CCNCCc1ccc(F)cc1)Nc1ccc(F)c(F)c1. The van der Waals surface area contributed by atoms with Crippen molar-refractivity contribution in [2.45, 2.75) is 12.8 Å². The summed E-state index contributed by atoms with van der Waals surface area (Å²) in [6, 6.07) is 9.45. The molecule has 2 N–H and O–H groups in total. The number of carbonyl (C=O) groups excluding carboxylic acids is 1. The summed E-state index contributed by atoms with van der Waals surface area (Å²) in [5.74, 6) is -2.51. The van der Waals surface area contributed by atoms with Crippen LogP contribution in [0, 0.1) is 17.5 Å². The minimum atomic E-state index is -1.000. The molecule has 1 amide bonds. The van der Waals surface area contributed by atoms with Crippen molar-refractivity contribution in [2.75, 3.05) is 18.4 Å². The lowest BCUT2D eigenvalue weighted by atomic mass is 10.1. The Hall–Kier alpha value is -2.34. The minimum Gasteiger partial charge on any atom is -0.326 e. The Morgan fingerprint density at radius 1 is 0.913 bits per heavy atom. The molecule has 2 aromatic rings. The molecule has 23 heavy (non-hydrogen) atoms. The third-order valence-corrected chi connectivity index (χ3v) is 3.24. The maximum absolute atomic E-state index is 13.0. The summed E-state index contributed by atoms with van der Waals surface area (Å²) in [4.78, 5) is 11.7. The Morgan fingerprint density at radius 2 is 1.65 bits per heavy atom. The van der Waals surface area contributed by atoms with Crippen LogP contribution in [0.5, 0.6) is 0 Å². The van der Waals surface area contributed by atoms with Gasteiger partial charge in [-0.05, 0) is 42.8 Å². The lowest BCUT2D eigenvalue weighted by Gasteiger charge is -2.07. The van der Waals surface area contributed by atoms with Gasteiger partial charge in [-0.3, -0.25) is 4.79 Å². The van der Waals surface area contributed by atoms with E-state index in [2.05, 4.69) is 10.6 Å². The average Bonchev–Trinajstić information content (AvgIpc) is 2.52. The van der Waals surface area contributed by atoms with E-state index < -0.39 is 11.6 Å². The van der Waals surface area contributed by atoms with Crippen molar-refractivity contribution in [3.63, 3.8) is 0 Å². The molecule has 0 aliphatic rings. The van der Waals surface area contributed by atoms with E-state index in [1.165, 1.54) is 18.2 Å². The van der Waals surface area contributed by atoms with Crippen LogP contribution in [0.25, 0.3) is 0 Å². The van der Waals surface area contributed by atoms with Crippen LogP contribution >= 0.6 is 0 Å². The third kappa shape index (κ3) is 5.75. The number of hydrogen-bond acceptors (Lipinski definition) is 2. The molecule has 0 spiro atoms. The first kappa shape index (κ1) is 17.0. The van der Waals surface area contributed by atoms with E-state index in [0.717, 1.165) is 24.1 Å². The summed E-state index contributed by atoms with van der Waals surface area (Å²) in [7, 11) is 0. The molecule has 0 aliphatic heterocycles. The monoisotopic (exact) mass is 322 g/mol. The predicted molar refractivity (Wildman–Crippen MR) is 82.6 cm³/mol. The number of nitrogens with one attached hydrogen (secondary N) is 2. The molecular weight excluding hydrogens is 305 g/mol. The van der Waals surface area contributed by atoms with Gasteiger partial charge in [0.1, 0.15) is 5.82 Å². The van der Waals surface area contributed by atoms with Crippen LogP contribution in [0.2, 0.25) is 0 Å². The molecule has 0 radical (unpaired) electrons. The van der Waals surface area contributed by atoms with Gasteiger partial charge >= 0.3 is 0 Å². The third-order valence-electron chi connectivity index (χ3n) is 3.24. The van der Waals surface area contributed by atoms with Crippen molar-refractivity contribution in [1.29, 1.82) is 0 Å². The lowest BCUT2D eigenvalue weighted by molar-refractivity contribution is -0.116. The predicted octanol–water partition coefficient (Wildman–Crippen LogP) is 3.26. The maximum atomic E-state index is 13.0. The summed E-state index contributed by atoms with van der Waals surface area (Å²) >= 11 is 0. The largest absolute Gasteiger partial charge is 0.326 e. The van der Waals surface area contributed by atoms with Gasteiger partial charge in [-0.1, -0.05) is 12.1 Å².